The van der Waals surface area contributed by atoms with Gasteiger partial charge in [-0.05, 0) is 43.0 Å². The molecule has 0 unspecified atom stereocenters. The number of likely N-dealkylation sites (tertiary alicyclic amines) is 1. The highest BCUT2D eigenvalue weighted by Gasteiger charge is 2.47. The molecular weight excluding hydrogens is 345 g/mol. The number of sulfonamides is 1. The van der Waals surface area contributed by atoms with Gasteiger partial charge in [0.2, 0.25) is 10.0 Å². The molecule has 2 fully saturated rings. The minimum absolute atomic E-state index is 0.0446. The van der Waals surface area contributed by atoms with Crippen molar-refractivity contribution in [2.75, 3.05) is 12.8 Å². The summed E-state index contributed by atoms with van der Waals surface area (Å²) in [7, 11) is -3.30. The van der Waals surface area contributed by atoms with Gasteiger partial charge in [0.15, 0.2) is 0 Å². The van der Waals surface area contributed by atoms with Gasteiger partial charge in [-0.15, -0.1) is 0 Å². The third-order valence-corrected chi connectivity index (χ3v) is 5.36. The van der Waals surface area contributed by atoms with Crippen LogP contribution in [0.25, 0.3) is 0 Å². The van der Waals surface area contributed by atoms with E-state index in [1.54, 1.807) is 4.90 Å². The van der Waals surface area contributed by atoms with Crippen LogP contribution in [0.2, 0.25) is 0 Å². The Bertz CT molecular complexity index is 746. The highest BCUT2D eigenvalue weighted by atomic mass is 32.2. The number of halogens is 3. The predicted octanol–water partition coefficient (Wildman–Crippen LogP) is 1.86. The van der Waals surface area contributed by atoms with Crippen LogP contribution in [0.3, 0.4) is 0 Å². The summed E-state index contributed by atoms with van der Waals surface area (Å²) in [6, 6.07) is 3.91. The summed E-state index contributed by atoms with van der Waals surface area (Å²) < 4.78 is 63.0. The molecule has 1 heterocycles. The molecule has 2 aliphatic rings. The molecule has 2 bridgehead atoms. The molecule has 0 spiro atoms. The number of hydrogen-bond acceptors (Lipinski definition) is 3. The van der Waals surface area contributed by atoms with E-state index in [2.05, 4.69) is 4.72 Å². The Hall–Kier alpha value is -1.61. The van der Waals surface area contributed by atoms with Crippen LogP contribution < -0.4 is 4.72 Å². The molecule has 3 atom stereocenters. The van der Waals surface area contributed by atoms with Gasteiger partial charge in [0, 0.05) is 24.2 Å². The number of rotatable bonds is 3. The van der Waals surface area contributed by atoms with Crippen LogP contribution in [0.5, 0.6) is 0 Å². The summed E-state index contributed by atoms with van der Waals surface area (Å²) in [6.45, 7) is 0.414. The van der Waals surface area contributed by atoms with Crippen molar-refractivity contribution in [1.82, 2.24) is 9.62 Å². The molecular formula is C15H17F3N2O3S. The zero-order chi connectivity index (χ0) is 17.7. The summed E-state index contributed by atoms with van der Waals surface area (Å²) in [6.07, 6.45) is -2.09. The second kappa shape index (κ2) is 5.73. The van der Waals surface area contributed by atoms with Crippen molar-refractivity contribution < 1.29 is 26.4 Å². The molecule has 1 N–H and O–H groups in total. The summed E-state index contributed by atoms with van der Waals surface area (Å²) in [5.74, 6) is -0.267. The minimum atomic E-state index is -4.43. The Morgan fingerprint density at radius 2 is 1.83 bits per heavy atom. The van der Waals surface area contributed by atoms with Crippen molar-refractivity contribution in [1.29, 1.82) is 0 Å². The van der Waals surface area contributed by atoms with E-state index in [4.69, 9.17) is 0 Å². The number of piperidine rings is 1. The van der Waals surface area contributed by atoms with Crippen LogP contribution in [0, 0.1) is 5.92 Å². The van der Waals surface area contributed by atoms with Gasteiger partial charge in [0.1, 0.15) is 0 Å². The number of fused-ring (bicyclic) bond motifs is 2. The number of carbonyl (C=O) groups excluding carboxylic acids is 1. The molecule has 0 radical (unpaired) electrons. The Balaban J connectivity index is 1.68. The molecule has 3 rings (SSSR count). The molecule has 1 aromatic rings. The van der Waals surface area contributed by atoms with E-state index in [-0.39, 0.29) is 29.5 Å². The second-order valence-electron chi connectivity index (χ2n) is 6.41. The van der Waals surface area contributed by atoms with E-state index < -0.39 is 21.8 Å². The number of carbonyl (C=O) groups is 1. The van der Waals surface area contributed by atoms with E-state index in [9.17, 15) is 26.4 Å². The van der Waals surface area contributed by atoms with Gasteiger partial charge >= 0.3 is 6.18 Å². The Morgan fingerprint density at radius 3 is 2.29 bits per heavy atom. The summed E-state index contributed by atoms with van der Waals surface area (Å²) in [5.41, 5.74) is -0.581. The molecule has 1 aliphatic carbocycles. The molecule has 5 nitrogen and oxygen atoms in total. The van der Waals surface area contributed by atoms with Gasteiger partial charge in [0.25, 0.3) is 5.91 Å². The van der Waals surface area contributed by atoms with Crippen LogP contribution in [-0.4, -0.2) is 44.1 Å². The molecule has 9 heteroatoms. The lowest BCUT2D eigenvalue weighted by atomic mass is 10.0. The minimum Gasteiger partial charge on any atom is -0.335 e. The van der Waals surface area contributed by atoms with E-state index in [0.29, 0.717) is 19.4 Å². The van der Waals surface area contributed by atoms with Gasteiger partial charge < -0.3 is 4.90 Å². The first-order valence-corrected chi connectivity index (χ1v) is 9.39. The van der Waals surface area contributed by atoms with Crippen LogP contribution >= 0.6 is 0 Å². The van der Waals surface area contributed by atoms with Crippen LogP contribution in [-0.2, 0) is 16.2 Å². The van der Waals surface area contributed by atoms with Crippen molar-refractivity contribution in [3.8, 4) is 0 Å². The van der Waals surface area contributed by atoms with E-state index in [0.717, 1.165) is 18.4 Å². The van der Waals surface area contributed by atoms with Crippen molar-refractivity contribution in [3.05, 3.63) is 35.4 Å². The fourth-order valence-corrected chi connectivity index (χ4v) is 4.43. The van der Waals surface area contributed by atoms with E-state index >= 15 is 0 Å². The fourth-order valence-electron chi connectivity index (χ4n) is 3.59. The monoisotopic (exact) mass is 362 g/mol. The SMILES string of the molecule is CS(=O)(=O)N[C@H]1C[C@@H]2C[C@H]1CN2C(=O)c1ccc(C(F)(F)F)cc1. The van der Waals surface area contributed by atoms with Gasteiger partial charge in [-0.3, -0.25) is 4.79 Å². The highest BCUT2D eigenvalue weighted by molar-refractivity contribution is 7.88. The number of nitrogens with one attached hydrogen (secondary N) is 1. The molecule has 132 valence electrons. The molecule has 1 saturated carbocycles. The van der Waals surface area contributed by atoms with E-state index in [1.165, 1.54) is 12.1 Å². The van der Waals surface area contributed by atoms with Gasteiger partial charge in [-0.2, -0.15) is 13.2 Å². The zero-order valence-electron chi connectivity index (χ0n) is 12.9. The average molecular weight is 362 g/mol. The topological polar surface area (TPSA) is 66.5 Å². The normalized spacial score (nSPS) is 26.8. The average Bonchev–Trinajstić information content (AvgIpc) is 3.03. The lowest BCUT2D eigenvalue weighted by molar-refractivity contribution is -0.137. The summed E-state index contributed by atoms with van der Waals surface area (Å²) in [5, 5.41) is 0. The number of alkyl halides is 3. The van der Waals surface area contributed by atoms with E-state index in [1.807, 2.05) is 0 Å². The molecule has 1 saturated heterocycles. The quantitative estimate of drug-likeness (QED) is 0.893. The number of hydrogen-bond donors (Lipinski definition) is 1. The summed E-state index contributed by atoms with van der Waals surface area (Å²) >= 11 is 0. The van der Waals surface area contributed by atoms with Gasteiger partial charge in [0.05, 0.1) is 11.8 Å². The van der Waals surface area contributed by atoms with Crippen LogP contribution in [0.15, 0.2) is 24.3 Å². The molecule has 1 aromatic carbocycles. The molecule has 0 aromatic heterocycles. The molecule has 24 heavy (non-hydrogen) atoms. The Kier molecular flexibility index (Phi) is 4.11. The Morgan fingerprint density at radius 1 is 1.21 bits per heavy atom. The van der Waals surface area contributed by atoms with Crippen LogP contribution in [0.1, 0.15) is 28.8 Å². The third kappa shape index (κ3) is 3.41. The molecule has 1 amide bonds. The maximum atomic E-state index is 12.6. The van der Waals surface area contributed by atoms with Gasteiger partial charge in [-0.1, -0.05) is 0 Å². The van der Waals surface area contributed by atoms with Crippen LogP contribution in [0.4, 0.5) is 13.2 Å². The largest absolute Gasteiger partial charge is 0.416 e. The zero-order valence-corrected chi connectivity index (χ0v) is 13.7. The second-order valence-corrected chi connectivity index (χ2v) is 8.19. The number of benzene rings is 1. The predicted molar refractivity (Wildman–Crippen MR) is 80.8 cm³/mol. The lowest BCUT2D eigenvalue weighted by Crippen LogP contribution is -2.47. The highest BCUT2D eigenvalue weighted by Crippen LogP contribution is 2.39. The first kappa shape index (κ1) is 17.2. The number of amides is 1. The van der Waals surface area contributed by atoms with Gasteiger partial charge in [-0.25, -0.2) is 13.1 Å². The maximum Gasteiger partial charge on any atom is 0.416 e. The van der Waals surface area contributed by atoms with Crippen molar-refractivity contribution in [3.63, 3.8) is 0 Å². The fraction of sp³-hybridized carbons (Fsp3) is 0.533. The lowest BCUT2D eigenvalue weighted by Gasteiger charge is -2.31. The smallest absolute Gasteiger partial charge is 0.335 e. The number of nitrogens with zero attached hydrogens (tertiary/aromatic N) is 1. The standard InChI is InChI=1S/C15H17F3N2O3S/c1-24(22,23)19-13-7-12-6-10(13)8-20(12)14(21)9-2-4-11(5-3-9)15(16,17)18/h2-5,10,12-13,19H,6-8H2,1H3/t10-,12-,13-/m0/s1. The first-order valence-electron chi connectivity index (χ1n) is 7.50. The maximum absolute atomic E-state index is 12.6. The van der Waals surface area contributed by atoms with Crippen molar-refractivity contribution in [2.45, 2.75) is 31.1 Å². The van der Waals surface area contributed by atoms with Crippen molar-refractivity contribution >= 4 is 15.9 Å². The molecule has 1 aliphatic heterocycles. The van der Waals surface area contributed by atoms with Crippen molar-refractivity contribution in [2.24, 2.45) is 5.92 Å². The summed E-state index contributed by atoms with van der Waals surface area (Å²) in [4.78, 5) is 14.1. The Labute approximate surface area is 137 Å². The first-order chi connectivity index (χ1) is 11.0. The third-order valence-electron chi connectivity index (χ3n) is 4.63.